The van der Waals surface area contributed by atoms with Gasteiger partial charge in [0.25, 0.3) is 5.91 Å². The van der Waals surface area contributed by atoms with Gasteiger partial charge in [-0.3, -0.25) is 4.79 Å². The molecule has 0 saturated carbocycles. The predicted molar refractivity (Wildman–Crippen MR) is 91.9 cm³/mol. The van der Waals surface area contributed by atoms with Crippen molar-refractivity contribution < 1.29 is 4.79 Å². The highest BCUT2D eigenvalue weighted by Gasteiger charge is 2.16. The average molecular weight is 304 g/mol. The second kappa shape index (κ2) is 7.46. The maximum atomic E-state index is 12.3. The lowest BCUT2D eigenvalue weighted by molar-refractivity contribution is 0.0950. The van der Waals surface area contributed by atoms with E-state index >= 15 is 0 Å². The third-order valence-electron chi connectivity index (χ3n) is 3.93. The highest BCUT2D eigenvalue weighted by atomic mass is 32.1. The lowest BCUT2D eigenvalue weighted by Crippen LogP contribution is -2.29. The van der Waals surface area contributed by atoms with Crippen LogP contribution in [0.5, 0.6) is 0 Å². The monoisotopic (exact) mass is 304 g/mol. The summed E-state index contributed by atoms with van der Waals surface area (Å²) in [5.41, 5.74) is 6.71. The number of fused-ring (bicyclic) bond motifs is 1. The van der Waals surface area contributed by atoms with Crippen LogP contribution in [0.1, 0.15) is 49.2 Å². The number of carbonyl (C=O) groups is 1. The highest BCUT2D eigenvalue weighted by molar-refractivity contribution is 7.21. The zero-order valence-electron chi connectivity index (χ0n) is 12.8. The molecule has 0 fully saturated rings. The van der Waals surface area contributed by atoms with Crippen LogP contribution in [-0.4, -0.2) is 12.5 Å². The van der Waals surface area contributed by atoms with E-state index in [1.54, 1.807) is 0 Å². The van der Waals surface area contributed by atoms with Gasteiger partial charge in [-0.1, -0.05) is 51.3 Å². The number of unbranched alkanes of at least 4 members (excludes halogenated alkanes) is 1. The summed E-state index contributed by atoms with van der Waals surface area (Å²) in [6.45, 7) is 5.12. The minimum Gasteiger partial charge on any atom is -0.397 e. The summed E-state index contributed by atoms with van der Waals surface area (Å²) in [6, 6.07) is 7.89. The van der Waals surface area contributed by atoms with E-state index in [1.165, 1.54) is 30.6 Å². The van der Waals surface area contributed by atoms with Crippen LogP contribution in [0.4, 0.5) is 5.69 Å². The van der Waals surface area contributed by atoms with Crippen molar-refractivity contribution in [1.29, 1.82) is 0 Å². The van der Waals surface area contributed by atoms with Crippen molar-refractivity contribution in [3.63, 3.8) is 0 Å². The van der Waals surface area contributed by atoms with Crippen LogP contribution in [0, 0.1) is 5.92 Å². The van der Waals surface area contributed by atoms with E-state index in [2.05, 4.69) is 19.2 Å². The Kier molecular flexibility index (Phi) is 5.62. The number of thiophene rings is 1. The Morgan fingerprint density at radius 1 is 1.33 bits per heavy atom. The van der Waals surface area contributed by atoms with Gasteiger partial charge in [0.15, 0.2) is 0 Å². The molecule has 1 amide bonds. The number of amides is 1. The zero-order valence-corrected chi connectivity index (χ0v) is 13.6. The van der Waals surface area contributed by atoms with Gasteiger partial charge in [0.05, 0.1) is 5.69 Å². The molecule has 1 heterocycles. The number of rotatable bonds is 7. The smallest absolute Gasteiger partial charge is 0.263 e. The molecule has 1 atom stereocenters. The molecule has 1 aromatic heterocycles. The average Bonchev–Trinajstić information content (AvgIpc) is 2.85. The van der Waals surface area contributed by atoms with Crippen molar-refractivity contribution in [3.8, 4) is 0 Å². The van der Waals surface area contributed by atoms with Gasteiger partial charge >= 0.3 is 0 Å². The second-order valence-electron chi connectivity index (χ2n) is 5.47. The molecule has 0 bridgehead atoms. The number of hydrogen-bond acceptors (Lipinski definition) is 3. The standard InChI is InChI=1S/C17H24N2OS/c1-3-5-8-12(4-2)11-19-17(20)16-15(18)13-9-6-7-10-14(13)21-16/h6-7,9-10,12H,3-5,8,11,18H2,1-2H3,(H,19,20). The Hall–Kier alpha value is -1.55. The summed E-state index contributed by atoms with van der Waals surface area (Å²) in [5.74, 6) is 0.521. The maximum absolute atomic E-state index is 12.3. The molecule has 1 unspecified atom stereocenters. The van der Waals surface area contributed by atoms with Gasteiger partial charge in [0.1, 0.15) is 4.88 Å². The summed E-state index contributed by atoms with van der Waals surface area (Å²) < 4.78 is 1.07. The van der Waals surface area contributed by atoms with E-state index < -0.39 is 0 Å². The molecule has 0 saturated heterocycles. The van der Waals surface area contributed by atoms with Crippen LogP contribution in [0.2, 0.25) is 0 Å². The van der Waals surface area contributed by atoms with Gasteiger partial charge in [-0.05, 0) is 18.4 Å². The normalized spacial score (nSPS) is 12.5. The van der Waals surface area contributed by atoms with Crippen LogP contribution >= 0.6 is 11.3 Å². The molecule has 0 aliphatic carbocycles. The third kappa shape index (κ3) is 3.76. The minimum atomic E-state index is -0.0383. The Morgan fingerprint density at radius 2 is 2.10 bits per heavy atom. The lowest BCUT2D eigenvalue weighted by atomic mass is 9.99. The Bertz CT molecular complexity index is 606. The molecule has 4 heteroatoms. The number of benzene rings is 1. The number of hydrogen-bond donors (Lipinski definition) is 2. The molecule has 1 aromatic carbocycles. The van der Waals surface area contributed by atoms with Crippen molar-refractivity contribution in [2.75, 3.05) is 12.3 Å². The van der Waals surface area contributed by atoms with Crippen LogP contribution in [0.15, 0.2) is 24.3 Å². The first-order chi connectivity index (χ1) is 10.2. The molecular weight excluding hydrogens is 280 g/mol. The molecule has 0 spiro atoms. The molecule has 3 N–H and O–H groups in total. The van der Waals surface area contributed by atoms with E-state index in [0.29, 0.717) is 16.5 Å². The fourth-order valence-corrected chi connectivity index (χ4v) is 3.53. The number of carbonyl (C=O) groups excluding carboxylic acids is 1. The van der Waals surface area contributed by atoms with Gasteiger partial charge in [-0.25, -0.2) is 0 Å². The van der Waals surface area contributed by atoms with Crippen molar-refractivity contribution in [2.24, 2.45) is 5.92 Å². The first-order valence-corrected chi connectivity index (χ1v) is 8.54. The maximum Gasteiger partial charge on any atom is 0.263 e. The first kappa shape index (κ1) is 15.8. The predicted octanol–water partition coefficient (Wildman–Crippen LogP) is 4.43. The quantitative estimate of drug-likeness (QED) is 0.795. The van der Waals surface area contributed by atoms with E-state index in [4.69, 9.17) is 5.73 Å². The SMILES string of the molecule is CCCCC(CC)CNC(=O)c1sc2ccccc2c1N. The largest absolute Gasteiger partial charge is 0.397 e. The summed E-state index contributed by atoms with van der Waals surface area (Å²) >= 11 is 1.47. The summed E-state index contributed by atoms with van der Waals surface area (Å²) in [6.07, 6.45) is 4.70. The molecule has 21 heavy (non-hydrogen) atoms. The summed E-state index contributed by atoms with van der Waals surface area (Å²) in [5, 5.41) is 4.03. The molecular formula is C17H24N2OS. The molecule has 2 rings (SSSR count). The molecule has 3 nitrogen and oxygen atoms in total. The van der Waals surface area contributed by atoms with Crippen molar-refractivity contribution >= 4 is 33.0 Å². The lowest BCUT2D eigenvalue weighted by Gasteiger charge is -2.15. The first-order valence-electron chi connectivity index (χ1n) is 7.72. The molecule has 0 aliphatic rings. The van der Waals surface area contributed by atoms with Gasteiger partial charge < -0.3 is 11.1 Å². The van der Waals surface area contributed by atoms with Crippen molar-refractivity contribution in [3.05, 3.63) is 29.1 Å². The second-order valence-corrected chi connectivity index (χ2v) is 6.52. The number of nitrogen functional groups attached to an aromatic ring is 1. The Labute approximate surface area is 130 Å². The summed E-state index contributed by atoms with van der Waals surface area (Å²) in [4.78, 5) is 13.0. The van der Waals surface area contributed by atoms with E-state index in [9.17, 15) is 4.79 Å². The van der Waals surface area contributed by atoms with Crippen molar-refractivity contribution in [1.82, 2.24) is 5.32 Å². The van der Waals surface area contributed by atoms with Gasteiger partial charge in [0, 0.05) is 16.6 Å². The highest BCUT2D eigenvalue weighted by Crippen LogP contribution is 2.33. The fourth-order valence-electron chi connectivity index (χ4n) is 2.49. The van der Waals surface area contributed by atoms with Crippen LogP contribution in [0.25, 0.3) is 10.1 Å². The van der Waals surface area contributed by atoms with E-state index in [1.807, 2.05) is 24.3 Å². The van der Waals surface area contributed by atoms with Gasteiger partial charge in [-0.2, -0.15) is 0 Å². The zero-order chi connectivity index (χ0) is 15.2. The Balaban J connectivity index is 2.03. The number of nitrogens with two attached hydrogens (primary N) is 1. The molecule has 114 valence electrons. The van der Waals surface area contributed by atoms with Gasteiger partial charge in [-0.15, -0.1) is 11.3 Å². The van der Waals surface area contributed by atoms with Gasteiger partial charge in [0.2, 0.25) is 0 Å². The minimum absolute atomic E-state index is 0.0383. The third-order valence-corrected chi connectivity index (χ3v) is 5.12. The van der Waals surface area contributed by atoms with Crippen LogP contribution < -0.4 is 11.1 Å². The fraction of sp³-hybridized carbons (Fsp3) is 0.471. The molecule has 2 aromatic rings. The van der Waals surface area contributed by atoms with Crippen LogP contribution in [-0.2, 0) is 0 Å². The number of anilines is 1. The van der Waals surface area contributed by atoms with Crippen molar-refractivity contribution in [2.45, 2.75) is 39.5 Å². The van der Waals surface area contributed by atoms with E-state index in [0.717, 1.165) is 23.1 Å². The Morgan fingerprint density at radius 3 is 2.76 bits per heavy atom. The molecule has 0 radical (unpaired) electrons. The van der Waals surface area contributed by atoms with E-state index in [-0.39, 0.29) is 5.91 Å². The van der Waals surface area contributed by atoms with Crippen LogP contribution in [0.3, 0.4) is 0 Å². The topological polar surface area (TPSA) is 55.1 Å². The summed E-state index contributed by atoms with van der Waals surface area (Å²) in [7, 11) is 0. The number of nitrogens with one attached hydrogen (secondary N) is 1. The molecule has 0 aliphatic heterocycles.